The van der Waals surface area contributed by atoms with Crippen LogP contribution in [0.2, 0.25) is 0 Å². The van der Waals surface area contributed by atoms with Gasteiger partial charge in [0, 0.05) is 13.1 Å². The van der Waals surface area contributed by atoms with Gasteiger partial charge in [0.05, 0.1) is 11.9 Å². The van der Waals surface area contributed by atoms with Crippen molar-refractivity contribution in [2.75, 3.05) is 11.9 Å². The third-order valence-corrected chi connectivity index (χ3v) is 4.07. The van der Waals surface area contributed by atoms with Crippen LogP contribution in [0, 0.1) is 11.3 Å². The predicted molar refractivity (Wildman–Crippen MR) is 81.5 cm³/mol. The highest BCUT2D eigenvalue weighted by atomic mass is 79.9. The van der Waals surface area contributed by atoms with Gasteiger partial charge in [0.2, 0.25) is 0 Å². The summed E-state index contributed by atoms with van der Waals surface area (Å²) in [5.74, 6) is 0.650. The van der Waals surface area contributed by atoms with Crippen LogP contribution in [0.15, 0.2) is 15.5 Å². The van der Waals surface area contributed by atoms with Crippen molar-refractivity contribution in [2.45, 2.75) is 46.6 Å². The molecule has 1 aromatic rings. The van der Waals surface area contributed by atoms with Crippen LogP contribution in [-0.4, -0.2) is 16.3 Å². The zero-order valence-electron chi connectivity index (χ0n) is 11.9. The monoisotopic (exact) mass is 327 g/mol. The van der Waals surface area contributed by atoms with E-state index in [0.29, 0.717) is 10.4 Å². The third-order valence-electron chi connectivity index (χ3n) is 3.30. The molecule has 1 saturated carbocycles. The molecule has 106 valence electrons. The maximum atomic E-state index is 12.1. The molecule has 2 rings (SSSR count). The molecule has 5 heteroatoms. The number of nitrogens with zero attached hydrogens (tertiary/aromatic N) is 2. The lowest BCUT2D eigenvalue weighted by atomic mass is 9.92. The number of hydrogen-bond acceptors (Lipinski definition) is 3. The van der Waals surface area contributed by atoms with Crippen molar-refractivity contribution in [2.24, 2.45) is 11.3 Å². The van der Waals surface area contributed by atoms with E-state index < -0.39 is 0 Å². The summed E-state index contributed by atoms with van der Waals surface area (Å²) in [5.41, 5.74) is 1.04. The van der Waals surface area contributed by atoms with Crippen molar-refractivity contribution in [1.82, 2.24) is 9.78 Å². The standard InChI is InChI=1S/C14H22BrN3O/c1-14(2,3)6-7-16-11-8-17-18(9-10-4-5-10)13(19)12(11)15/h8,10,16H,4-7,9H2,1-3H3. The molecule has 0 saturated heterocycles. The Kier molecular flexibility index (Phi) is 4.33. The molecule has 1 aromatic heterocycles. The molecule has 4 nitrogen and oxygen atoms in total. The summed E-state index contributed by atoms with van der Waals surface area (Å²) < 4.78 is 2.16. The van der Waals surface area contributed by atoms with Gasteiger partial charge >= 0.3 is 0 Å². The fourth-order valence-corrected chi connectivity index (χ4v) is 2.28. The number of nitrogens with one attached hydrogen (secondary N) is 1. The molecule has 0 atom stereocenters. The number of anilines is 1. The van der Waals surface area contributed by atoms with Gasteiger partial charge in [-0.05, 0) is 46.5 Å². The van der Waals surface area contributed by atoms with Crippen LogP contribution < -0.4 is 10.9 Å². The lowest BCUT2D eigenvalue weighted by Crippen LogP contribution is -2.25. The van der Waals surface area contributed by atoms with Gasteiger partial charge in [-0.2, -0.15) is 5.10 Å². The minimum absolute atomic E-state index is 0.0346. The fourth-order valence-electron chi connectivity index (χ4n) is 1.84. The number of rotatable bonds is 5. The Bertz CT molecular complexity index is 500. The topological polar surface area (TPSA) is 46.9 Å². The molecule has 1 aliphatic rings. The van der Waals surface area contributed by atoms with Crippen LogP contribution in [0.1, 0.15) is 40.0 Å². The van der Waals surface area contributed by atoms with Crippen molar-refractivity contribution in [1.29, 1.82) is 0 Å². The molecule has 1 heterocycles. The highest BCUT2D eigenvalue weighted by Gasteiger charge is 2.23. The van der Waals surface area contributed by atoms with Gasteiger partial charge in [0.25, 0.3) is 5.56 Å². The Labute approximate surface area is 122 Å². The Balaban J connectivity index is 2.01. The molecule has 0 unspecified atom stereocenters. The highest BCUT2D eigenvalue weighted by Crippen LogP contribution is 2.30. The van der Waals surface area contributed by atoms with Crippen molar-refractivity contribution in [3.8, 4) is 0 Å². The minimum atomic E-state index is -0.0346. The van der Waals surface area contributed by atoms with Gasteiger partial charge in [-0.25, -0.2) is 4.68 Å². The molecule has 0 amide bonds. The number of hydrogen-bond donors (Lipinski definition) is 1. The lowest BCUT2D eigenvalue weighted by molar-refractivity contribution is 0.389. The molecule has 0 bridgehead atoms. The maximum Gasteiger partial charge on any atom is 0.283 e. The summed E-state index contributed by atoms with van der Waals surface area (Å²) in [4.78, 5) is 12.1. The second-order valence-corrected chi connectivity index (χ2v) is 7.33. The van der Waals surface area contributed by atoms with Crippen LogP contribution in [0.4, 0.5) is 5.69 Å². The molecular weight excluding hydrogens is 306 g/mol. The summed E-state index contributed by atoms with van der Waals surface area (Å²) in [6.07, 6.45) is 5.23. The van der Waals surface area contributed by atoms with Crippen LogP contribution in [0.25, 0.3) is 0 Å². The van der Waals surface area contributed by atoms with E-state index in [9.17, 15) is 4.79 Å². The normalized spacial score (nSPS) is 15.6. The van der Waals surface area contributed by atoms with E-state index in [1.807, 2.05) is 0 Å². The molecule has 0 aromatic carbocycles. The Morgan fingerprint density at radius 3 is 2.74 bits per heavy atom. The molecular formula is C14H22BrN3O. The van der Waals surface area contributed by atoms with E-state index in [2.05, 4.69) is 47.1 Å². The van der Waals surface area contributed by atoms with Crippen molar-refractivity contribution < 1.29 is 0 Å². The first-order valence-electron chi connectivity index (χ1n) is 6.86. The Morgan fingerprint density at radius 1 is 1.47 bits per heavy atom. The van der Waals surface area contributed by atoms with Gasteiger partial charge in [-0.3, -0.25) is 4.79 Å². The minimum Gasteiger partial charge on any atom is -0.383 e. The van der Waals surface area contributed by atoms with E-state index in [1.165, 1.54) is 12.8 Å². The predicted octanol–water partition coefficient (Wildman–Crippen LogP) is 3.26. The van der Waals surface area contributed by atoms with Crippen LogP contribution in [0.5, 0.6) is 0 Å². The summed E-state index contributed by atoms with van der Waals surface area (Å²) in [6, 6.07) is 0. The largest absolute Gasteiger partial charge is 0.383 e. The first kappa shape index (κ1) is 14.6. The van der Waals surface area contributed by atoms with Crippen molar-refractivity contribution in [3.63, 3.8) is 0 Å². The first-order valence-corrected chi connectivity index (χ1v) is 7.65. The van der Waals surface area contributed by atoms with Gasteiger partial charge in [0.1, 0.15) is 4.47 Å². The van der Waals surface area contributed by atoms with Crippen LogP contribution in [-0.2, 0) is 6.54 Å². The lowest BCUT2D eigenvalue weighted by Gasteiger charge is -2.19. The van der Waals surface area contributed by atoms with Crippen LogP contribution in [0.3, 0.4) is 0 Å². The van der Waals surface area contributed by atoms with E-state index in [4.69, 9.17) is 0 Å². The average Bonchev–Trinajstić information content (AvgIpc) is 3.10. The van der Waals surface area contributed by atoms with Crippen molar-refractivity contribution in [3.05, 3.63) is 21.0 Å². The Hall–Kier alpha value is -0.840. The molecule has 0 radical (unpaired) electrons. The van der Waals surface area contributed by atoms with E-state index in [1.54, 1.807) is 10.9 Å². The Morgan fingerprint density at radius 2 is 2.16 bits per heavy atom. The van der Waals surface area contributed by atoms with Gasteiger partial charge in [-0.1, -0.05) is 20.8 Å². The van der Waals surface area contributed by atoms with E-state index >= 15 is 0 Å². The summed E-state index contributed by atoms with van der Waals surface area (Å²) in [5, 5.41) is 7.53. The van der Waals surface area contributed by atoms with Crippen molar-refractivity contribution >= 4 is 21.6 Å². The zero-order valence-corrected chi connectivity index (χ0v) is 13.5. The van der Waals surface area contributed by atoms with E-state index in [-0.39, 0.29) is 11.0 Å². The average molecular weight is 328 g/mol. The molecule has 0 aliphatic heterocycles. The molecule has 1 aliphatic carbocycles. The molecule has 19 heavy (non-hydrogen) atoms. The number of aromatic nitrogens is 2. The molecule has 0 spiro atoms. The van der Waals surface area contributed by atoms with Gasteiger partial charge in [0.15, 0.2) is 0 Å². The van der Waals surface area contributed by atoms with Gasteiger partial charge in [-0.15, -0.1) is 0 Å². The second kappa shape index (κ2) is 5.65. The SMILES string of the molecule is CC(C)(C)CCNc1cnn(CC2CC2)c(=O)c1Br. The molecule has 1 fully saturated rings. The summed E-state index contributed by atoms with van der Waals surface area (Å²) >= 11 is 3.39. The maximum absolute atomic E-state index is 12.1. The number of halogens is 1. The van der Waals surface area contributed by atoms with E-state index in [0.717, 1.165) is 25.2 Å². The van der Waals surface area contributed by atoms with Gasteiger partial charge < -0.3 is 5.32 Å². The smallest absolute Gasteiger partial charge is 0.283 e. The fraction of sp³-hybridized carbons (Fsp3) is 0.714. The highest BCUT2D eigenvalue weighted by molar-refractivity contribution is 9.10. The summed E-state index contributed by atoms with van der Waals surface area (Å²) in [6.45, 7) is 8.20. The second-order valence-electron chi connectivity index (χ2n) is 6.54. The zero-order chi connectivity index (χ0) is 14.0. The quantitative estimate of drug-likeness (QED) is 0.902. The summed E-state index contributed by atoms with van der Waals surface area (Å²) in [7, 11) is 0. The van der Waals surface area contributed by atoms with Crippen LogP contribution >= 0.6 is 15.9 Å². The third kappa shape index (κ3) is 4.34. The first-order chi connectivity index (χ1) is 8.87. The molecule has 1 N–H and O–H groups in total.